The maximum absolute atomic E-state index is 12.9. The topological polar surface area (TPSA) is 62.4 Å². The van der Waals surface area contributed by atoms with Gasteiger partial charge in [0.1, 0.15) is 16.9 Å². The average molecular weight is 411 g/mol. The predicted molar refractivity (Wildman–Crippen MR) is 118 cm³/mol. The van der Waals surface area contributed by atoms with Crippen molar-refractivity contribution < 1.29 is 5.32 Å². The second kappa shape index (κ2) is 7.99. The molecule has 3 heterocycles. The first-order valence-electron chi connectivity index (χ1n) is 9.50. The molecule has 4 rings (SSSR count). The Morgan fingerprint density at radius 2 is 1.82 bits per heavy atom. The molecule has 3 N–H and O–H groups in total. The fraction of sp³-hybridized carbons (Fsp3) is 0.273. The van der Waals surface area contributed by atoms with Crippen LogP contribution in [0.5, 0.6) is 0 Å². The van der Waals surface area contributed by atoms with Gasteiger partial charge in [-0.25, -0.2) is 4.98 Å². The number of quaternary nitrogens is 1. The molecule has 0 bridgehead atoms. The maximum atomic E-state index is 12.9. The number of aromatic amines is 1. The first-order valence-corrected chi connectivity index (χ1v) is 11.3. The van der Waals surface area contributed by atoms with E-state index in [4.69, 9.17) is 4.98 Å². The molecule has 0 radical (unpaired) electrons. The van der Waals surface area contributed by atoms with Gasteiger partial charge in [0.15, 0.2) is 5.82 Å². The number of nitrogens with two attached hydrogens (primary N) is 1. The zero-order valence-corrected chi connectivity index (χ0v) is 17.8. The van der Waals surface area contributed by atoms with Crippen molar-refractivity contribution in [2.45, 2.75) is 32.9 Å². The Kier molecular flexibility index (Phi) is 5.44. The molecular formula is C22H24N3OS2+. The van der Waals surface area contributed by atoms with E-state index in [0.717, 1.165) is 21.1 Å². The summed E-state index contributed by atoms with van der Waals surface area (Å²) in [6.45, 7) is 6.57. The van der Waals surface area contributed by atoms with Gasteiger partial charge in [-0.15, -0.1) is 22.7 Å². The third-order valence-corrected chi connectivity index (χ3v) is 6.85. The Morgan fingerprint density at radius 1 is 1.04 bits per heavy atom. The molecule has 4 aromatic rings. The van der Waals surface area contributed by atoms with E-state index >= 15 is 0 Å². The van der Waals surface area contributed by atoms with Crippen molar-refractivity contribution in [1.29, 1.82) is 0 Å². The van der Waals surface area contributed by atoms with Crippen molar-refractivity contribution in [3.8, 4) is 10.4 Å². The summed E-state index contributed by atoms with van der Waals surface area (Å²) in [6.07, 6.45) is 0. The number of nitrogens with one attached hydrogen (secondary N) is 1. The zero-order valence-electron chi connectivity index (χ0n) is 16.2. The van der Waals surface area contributed by atoms with Crippen molar-refractivity contribution in [1.82, 2.24) is 9.97 Å². The van der Waals surface area contributed by atoms with Crippen LogP contribution in [0.2, 0.25) is 0 Å². The van der Waals surface area contributed by atoms with Crippen LogP contribution >= 0.6 is 22.7 Å². The van der Waals surface area contributed by atoms with E-state index < -0.39 is 0 Å². The van der Waals surface area contributed by atoms with Crippen LogP contribution in [0.15, 0.2) is 58.0 Å². The zero-order chi connectivity index (χ0) is 19.7. The number of thiophene rings is 2. The molecule has 28 heavy (non-hydrogen) atoms. The quantitative estimate of drug-likeness (QED) is 0.482. The van der Waals surface area contributed by atoms with Crippen LogP contribution < -0.4 is 10.9 Å². The number of nitrogens with zero attached hydrogens (tertiary/aromatic N) is 1. The molecule has 3 aromatic heterocycles. The van der Waals surface area contributed by atoms with Crippen molar-refractivity contribution in [2.24, 2.45) is 5.92 Å². The Balaban J connectivity index is 1.66. The van der Waals surface area contributed by atoms with E-state index in [-0.39, 0.29) is 11.6 Å². The average Bonchev–Trinajstić information content (AvgIpc) is 3.35. The first kappa shape index (κ1) is 19.1. The maximum Gasteiger partial charge on any atom is 0.260 e. The first-order chi connectivity index (χ1) is 13.5. The van der Waals surface area contributed by atoms with Crippen LogP contribution in [0.1, 0.15) is 44.2 Å². The van der Waals surface area contributed by atoms with E-state index in [2.05, 4.69) is 55.3 Å². The Labute approximate surface area is 172 Å². The van der Waals surface area contributed by atoms with Gasteiger partial charge in [0.25, 0.3) is 5.56 Å². The van der Waals surface area contributed by atoms with Gasteiger partial charge in [0.2, 0.25) is 0 Å². The van der Waals surface area contributed by atoms with Gasteiger partial charge in [-0.1, -0.05) is 50.2 Å². The third-order valence-electron chi connectivity index (χ3n) is 5.08. The SMILES string of the molecule is CC(C)[C@H]([NH2+][C@H](C)c1nc2scc(-c3cccs3)c2c(=O)[nH]1)c1ccccc1. The standard InChI is InChI=1S/C22H23N3OS2/c1-13(2)19(15-8-5-4-6-9-15)23-14(3)20-24-21(26)18-16(12-28-22(18)25-20)17-10-7-11-27-17/h4-14,19,23H,1-3H3,(H,24,25,26)/p+1/t14-,19+/m1/s1. The number of benzene rings is 1. The molecule has 0 unspecified atom stereocenters. The summed E-state index contributed by atoms with van der Waals surface area (Å²) in [6, 6.07) is 14.9. The van der Waals surface area contributed by atoms with Crippen LogP contribution in [-0.2, 0) is 0 Å². The summed E-state index contributed by atoms with van der Waals surface area (Å²) in [5.74, 6) is 1.20. The van der Waals surface area contributed by atoms with Gasteiger partial charge < -0.3 is 10.3 Å². The second-order valence-corrected chi connectivity index (χ2v) is 9.23. The minimum absolute atomic E-state index is 0.0503. The van der Waals surface area contributed by atoms with Gasteiger partial charge in [0, 0.05) is 27.3 Å². The number of aromatic nitrogens is 2. The van der Waals surface area contributed by atoms with E-state index in [1.807, 2.05) is 29.0 Å². The fourth-order valence-corrected chi connectivity index (χ4v) is 5.36. The van der Waals surface area contributed by atoms with Crippen LogP contribution in [0, 0.1) is 5.92 Å². The molecule has 4 nitrogen and oxygen atoms in total. The predicted octanol–water partition coefficient (Wildman–Crippen LogP) is 4.73. The molecule has 0 aliphatic heterocycles. The summed E-state index contributed by atoms with van der Waals surface area (Å²) in [5, 5.41) is 7.07. The minimum Gasteiger partial charge on any atom is -0.331 e. The second-order valence-electron chi connectivity index (χ2n) is 7.42. The summed E-state index contributed by atoms with van der Waals surface area (Å²) in [7, 11) is 0. The van der Waals surface area contributed by atoms with Gasteiger partial charge in [-0.2, -0.15) is 0 Å². The minimum atomic E-state index is -0.0503. The number of rotatable bonds is 6. The number of fused-ring (bicyclic) bond motifs is 1. The highest BCUT2D eigenvalue weighted by molar-refractivity contribution is 7.18. The molecule has 2 atom stereocenters. The third kappa shape index (κ3) is 3.68. The normalized spacial score (nSPS) is 13.9. The number of H-pyrrole nitrogens is 1. The van der Waals surface area contributed by atoms with Crippen molar-refractivity contribution >= 4 is 32.9 Å². The van der Waals surface area contributed by atoms with Crippen LogP contribution in [0.3, 0.4) is 0 Å². The summed E-state index contributed by atoms with van der Waals surface area (Å²) in [4.78, 5) is 22.6. The largest absolute Gasteiger partial charge is 0.331 e. The highest BCUT2D eigenvalue weighted by Crippen LogP contribution is 2.33. The van der Waals surface area contributed by atoms with Crippen LogP contribution in [0.4, 0.5) is 0 Å². The van der Waals surface area contributed by atoms with E-state index in [1.54, 1.807) is 22.7 Å². The Bertz CT molecular complexity index is 1110. The molecule has 0 saturated heterocycles. The molecule has 0 spiro atoms. The lowest BCUT2D eigenvalue weighted by atomic mass is 9.95. The summed E-state index contributed by atoms with van der Waals surface area (Å²) < 4.78 is 0. The van der Waals surface area contributed by atoms with Gasteiger partial charge in [-0.3, -0.25) is 4.79 Å². The molecule has 6 heteroatoms. The lowest BCUT2D eigenvalue weighted by Crippen LogP contribution is -2.87. The number of hydrogen-bond donors (Lipinski definition) is 2. The molecule has 0 amide bonds. The summed E-state index contributed by atoms with van der Waals surface area (Å²) >= 11 is 3.19. The van der Waals surface area contributed by atoms with E-state index in [0.29, 0.717) is 17.3 Å². The van der Waals surface area contributed by atoms with Gasteiger partial charge >= 0.3 is 0 Å². The molecule has 0 fully saturated rings. The van der Waals surface area contributed by atoms with Gasteiger partial charge in [-0.05, 0) is 18.4 Å². The fourth-order valence-electron chi connectivity index (χ4n) is 3.59. The highest BCUT2D eigenvalue weighted by Gasteiger charge is 2.25. The van der Waals surface area contributed by atoms with Gasteiger partial charge in [0.05, 0.1) is 5.39 Å². The molecule has 0 saturated carbocycles. The van der Waals surface area contributed by atoms with E-state index in [9.17, 15) is 4.79 Å². The summed E-state index contributed by atoms with van der Waals surface area (Å²) in [5.41, 5.74) is 2.23. The Morgan fingerprint density at radius 3 is 2.50 bits per heavy atom. The lowest BCUT2D eigenvalue weighted by molar-refractivity contribution is -0.738. The van der Waals surface area contributed by atoms with Crippen LogP contribution in [-0.4, -0.2) is 9.97 Å². The van der Waals surface area contributed by atoms with E-state index in [1.165, 1.54) is 5.56 Å². The molecule has 0 aliphatic carbocycles. The Hall–Kier alpha value is -2.28. The van der Waals surface area contributed by atoms with Crippen molar-refractivity contribution in [3.05, 3.63) is 75.0 Å². The smallest absolute Gasteiger partial charge is 0.260 e. The highest BCUT2D eigenvalue weighted by atomic mass is 32.1. The number of hydrogen-bond acceptors (Lipinski definition) is 4. The van der Waals surface area contributed by atoms with Crippen molar-refractivity contribution in [3.63, 3.8) is 0 Å². The molecule has 144 valence electrons. The lowest BCUT2D eigenvalue weighted by Gasteiger charge is -2.23. The van der Waals surface area contributed by atoms with Crippen molar-refractivity contribution in [2.75, 3.05) is 0 Å². The van der Waals surface area contributed by atoms with Crippen LogP contribution in [0.25, 0.3) is 20.7 Å². The molecule has 1 aromatic carbocycles. The molecular weight excluding hydrogens is 386 g/mol. The molecule has 0 aliphatic rings. The monoisotopic (exact) mass is 410 g/mol.